The molecule has 5 aromatic rings. The first kappa shape index (κ1) is 47.7. The van der Waals surface area contributed by atoms with Gasteiger partial charge in [0, 0.05) is 53.2 Å². The second-order valence-electron chi connectivity index (χ2n) is 12.9. The summed E-state index contributed by atoms with van der Waals surface area (Å²) in [7, 11) is -14.4. The van der Waals surface area contributed by atoms with E-state index in [1.807, 2.05) is 0 Å². The highest BCUT2D eigenvalue weighted by atomic mass is 32.3. The molecule has 0 spiro atoms. The Morgan fingerprint density at radius 3 is 2.06 bits per heavy atom. The lowest BCUT2D eigenvalue weighted by atomic mass is 10.1. The number of ether oxygens (including phenoxy) is 2. The van der Waals surface area contributed by atoms with Gasteiger partial charge >= 0.3 is 10.4 Å². The summed E-state index contributed by atoms with van der Waals surface area (Å²) < 4.78 is 132. The van der Waals surface area contributed by atoms with Crippen molar-refractivity contribution in [2.24, 2.45) is 20.5 Å². The molecule has 21 nitrogen and oxygen atoms in total. The molecule has 0 saturated heterocycles. The van der Waals surface area contributed by atoms with Gasteiger partial charge in [0.25, 0.3) is 16.0 Å². The lowest BCUT2D eigenvalue weighted by Crippen LogP contribution is -2.35. The number of azo groups is 2. The first-order chi connectivity index (χ1) is 29.6. The standard InChI is InChI=1S/C38H38N6O15S4/c1-5-60(47,48)18-16-44(26-12-7-6-8-13-26)38(46)24-10-9-11-25(20-24)40-42-35-28-21-34(62(51,52)53)36(37(45)27(28)14-15-29(35)39-2)43-41-30-22-32(58-4)33(23-31(30)57-3)61(49,50)19-17-59-63(54,55)56/h5-15,20-23,39,45H,1,16-19H2,2-4H3,(H,51,52,53)(H,54,55,56)/b42-40+,43-41+. The Bertz CT molecular complexity index is 3090. The van der Waals surface area contributed by atoms with Gasteiger partial charge in [0.05, 0.1) is 43.7 Å². The molecule has 0 atom stereocenters. The fourth-order valence-electron chi connectivity index (χ4n) is 5.87. The summed E-state index contributed by atoms with van der Waals surface area (Å²) >= 11 is 0. The molecule has 25 heteroatoms. The molecule has 0 unspecified atom stereocenters. The third-order valence-electron chi connectivity index (χ3n) is 8.92. The highest BCUT2D eigenvalue weighted by molar-refractivity contribution is 7.94. The van der Waals surface area contributed by atoms with E-state index in [0.717, 1.165) is 37.8 Å². The summed E-state index contributed by atoms with van der Waals surface area (Å²) in [5.41, 5.74) is -0.0487. The fraction of sp³-hybridized carbons (Fsp3) is 0.184. The van der Waals surface area contributed by atoms with Gasteiger partial charge in [0.1, 0.15) is 38.4 Å². The van der Waals surface area contributed by atoms with Crippen molar-refractivity contribution in [3.05, 3.63) is 102 Å². The van der Waals surface area contributed by atoms with Gasteiger partial charge in [-0.15, -0.1) is 15.3 Å². The van der Waals surface area contributed by atoms with Crippen LogP contribution in [-0.4, -0.2) is 99.7 Å². The Labute approximate surface area is 361 Å². The van der Waals surface area contributed by atoms with Crippen LogP contribution in [0.5, 0.6) is 17.2 Å². The van der Waals surface area contributed by atoms with Gasteiger partial charge in [0.15, 0.2) is 25.4 Å². The summed E-state index contributed by atoms with van der Waals surface area (Å²) in [4.78, 5) is 13.7. The molecule has 0 aromatic heterocycles. The van der Waals surface area contributed by atoms with Gasteiger partial charge in [-0.1, -0.05) is 30.8 Å². The molecule has 0 heterocycles. The molecule has 0 saturated carbocycles. The number of carbonyl (C=O) groups excluding carboxylic acids is 1. The Kier molecular flexibility index (Phi) is 14.7. The van der Waals surface area contributed by atoms with Crippen molar-refractivity contribution in [1.82, 2.24) is 0 Å². The van der Waals surface area contributed by atoms with Gasteiger partial charge in [0.2, 0.25) is 0 Å². The molecule has 0 radical (unpaired) electrons. The van der Waals surface area contributed by atoms with Gasteiger partial charge in [-0.3, -0.25) is 13.9 Å². The third kappa shape index (κ3) is 11.6. The number of benzene rings is 5. The quantitative estimate of drug-likeness (QED) is 0.0508. The van der Waals surface area contributed by atoms with Crippen LogP contribution in [0.3, 0.4) is 0 Å². The van der Waals surface area contributed by atoms with Gasteiger partial charge < -0.3 is 24.8 Å². The van der Waals surface area contributed by atoms with E-state index in [9.17, 15) is 48.1 Å². The van der Waals surface area contributed by atoms with Crippen LogP contribution in [-0.2, 0) is 44.4 Å². The number of amides is 1. The Balaban J connectivity index is 1.56. The SMILES string of the molecule is C=CS(=O)(=O)CCN(C(=O)c1cccc(/N=N/c2c(NC)ccc3c(O)c(/N=N/c4cc(OC)c(S(=O)(=O)CCOS(=O)(=O)O)cc4OC)c(S(=O)(=O)O)cc23)c1)c1ccccc1. The van der Waals surface area contributed by atoms with E-state index in [1.165, 1.54) is 48.3 Å². The highest BCUT2D eigenvalue weighted by Crippen LogP contribution is 2.47. The van der Waals surface area contributed by atoms with E-state index in [-0.39, 0.29) is 57.1 Å². The number of carbonyl (C=O) groups is 1. The zero-order chi connectivity index (χ0) is 46.3. The number of rotatable bonds is 19. The molecular formula is C38H38N6O15S4. The maximum atomic E-state index is 13.8. The molecule has 63 heavy (non-hydrogen) atoms. The number of phenolic OH excluding ortho intramolecular Hbond substituents is 1. The second kappa shape index (κ2) is 19.4. The van der Waals surface area contributed by atoms with E-state index in [1.54, 1.807) is 30.3 Å². The number of nitrogens with one attached hydrogen (secondary N) is 1. The van der Waals surface area contributed by atoms with Crippen LogP contribution < -0.4 is 19.7 Å². The number of fused-ring (bicyclic) bond motifs is 1. The van der Waals surface area contributed by atoms with Crippen molar-refractivity contribution in [2.75, 3.05) is 56.1 Å². The summed E-state index contributed by atoms with van der Waals surface area (Å²) in [5, 5.41) is 31.6. The number of para-hydroxylation sites is 1. The largest absolute Gasteiger partial charge is 0.505 e. The topological polar surface area (TPSA) is 307 Å². The highest BCUT2D eigenvalue weighted by Gasteiger charge is 2.27. The Morgan fingerprint density at radius 2 is 1.44 bits per heavy atom. The molecule has 4 N–H and O–H groups in total. The molecule has 0 fully saturated rings. The number of sulfone groups is 2. The molecule has 5 rings (SSSR count). The van der Waals surface area contributed by atoms with Crippen molar-refractivity contribution < 1.29 is 66.3 Å². The minimum absolute atomic E-state index is 0.0267. The first-order valence-corrected chi connectivity index (χ1v) is 24.0. The summed E-state index contributed by atoms with van der Waals surface area (Å²) in [6, 6.07) is 20.2. The molecule has 334 valence electrons. The van der Waals surface area contributed by atoms with Crippen LogP contribution in [0.1, 0.15) is 10.4 Å². The molecule has 0 bridgehead atoms. The normalized spacial score (nSPS) is 12.5. The van der Waals surface area contributed by atoms with Gasteiger partial charge in [-0.25, -0.2) is 21.0 Å². The van der Waals surface area contributed by atoms with Crippen LogP contribution in [0, 0.1) is 0 Å². The number of nitrogens with zero attached hydrogens (tertiary/aromatic N) is 5. The summed E-state index contributed by atoms with van der Waals surface area (Å²) in [6.45, 7) is 2.19. The average Bonchev–Trinajstić information content (AvgIpc) is 3.24. The molecular weight excluding hydrogens is 909 g/mol. The zero-order valence-electron chi connectivity index (χ0n) is 33.3. The van der Waals surface area contributed by atoms with Crippen LogP contribution in [0.25, 0.3) is 10.8 Å². The minimum atomic E-state index is -5.19. The predicted octanol–water partition coefficient (Wildman–Crippen LogP) is 6.48. The number of methoxy groups -OCH3 is 2. The third-order valence-corrected chi connectivity index (χ3v) is 13.2. The first-order valence-electron chi connectivity index (χ1n) is 17.9. The van der Waals surface area contributed by atoms with E-state index in [0.29, 0.717) is 5.69 Å². The van der Waals surface area contributed by atoms with Gasteiger partial charge in [-0.2, -0.15) is 21.9 Å². The molecule has 0 aliphatic rings. The molecule has 0 aliphatic carbocycles. The lowest BCUT2D eigenvalue weighted by Gasteiger charge is -2.22. The van der Waals surface area contributed by atoms with E-state index < -0.39 is 85.4 Å². The van der Waals surface area contributed by atoms with Crippen LogP contribution in [0.15, 0.2) is 127 Å². The van der Waals surface area contributed by atoms with Crippen LogP contribution in [0.4, 0.5) is 34.1 Å². The van der Waals surface area contributed by atoms with Crippen molar-refractivity contribution in [3.8, 4) is 17.2 Å². The number of phenols is 1. The van der Waals surface area contributed by atoms with E-state index in [2.05, 4.69) is 36.5 Å². The van der Waals surface area contributed by atoms with Gasteiger partial charge in [-0.05, 0) is 48.5 Å². The average molecular weight is 947 g/mol. The Hall–Kier alpha value is -6.35. The van der Waals surface area contributed by atoms with Crippen molar-refractivity contribution in [3.63, 3.8) is 0 Å². The van der Waals surface area contributed by atoms with Crippen molar-refractivity contribution in [1.29, 1.82) is 0 Å². The fourth-order valence-corrected chi connectivity index (χ4v) is 8.78. The maximum Gasteiger partial charge on any atom is 0.397 e. The molecule has 0 aliphatic heterocycles. The lowest BCUT2D eigenvalue weighted by molar-refractivity contribution is 0.0988. The van der Waals surface area contributed by atoms with Crippen LogP contribution in [0.2, 0.25) is 0 Å². The Morgan fingerprint density at radius 1 is 0.762 bits per heavy atom. The smallest absolute Gasteiger partial charge is 0.397 e. The number of hydrogen-bond acceptors (Lipinski definition) is 18. The second-order valence-corrected chi connectivity index (χ2v) is 19.5. The molecule has 1 amide bonds. The van der Waals surface area contributed by atoms with Crippen molar-refractivity contribution >= 4 is 91.0 Å². The summed E-state index contributed by atoms with van der Waals surface area (Å²) in [6.07, 6.45) is 0. The summed E-state index contributed by atoms with van der Waals surface area (Å²) in [5.74, 6) is -3.26. The predicted molar refractivity (Wildman–Crippen MR) is 231 cm³/mol. The minimum Gasteiger partial charge on any atom is -0.505 e. The van der Waals surface area contributed by atoms with Crippen molar-refractivity contribution in [2.45, 2.75) is 9.79 Å². The van der Waals surface area contributed by atoms with E-state index in [4.69, 9.17) is 14.0 Å². The number of hydrogen-bond donors (Lipinski definition) is 4. The number of anilines is 2. The number of aromatic hydroxyl groups is 1. The monoisotopic (exact) mass is 946 g/mol. The van der Waals surface area contributed by atoms with E-state index >= 15 is 0 Å². The maximum absolute atomic E-state index is 13.8. The molecule has 5 aromatic carbocycles. The van der Waals surface area contributed by atoms with Crippen LogP contribution >= 0.6 is 0 Å². The zero-order valence-corrected chi connectivity index (χ0v) is 36.6.